The Labute approximate surface area is 140 Å². The summed E-state index contributed by atoms with van der Waals surface area (Å²) in [7, 11) is 3.51. The minimum absolute atomic E-state index is 0.181. The van der Waals surface area contributed by atoms with Crippen LogP contribution >= 0.6 is 0 Å². The lowest BCUT2D eigenvalue weighted by Gasteiger charge is -2.05. The van der Waals surface area contributed by atoms with Gasteiger partial charge in [-0.15, -0.1) is 0 Å². The molecule has 0 bridgehead atoms. The zero-order chi connectivity index (χ0) is 19.0. The predicted molar refractivity (Wildman–Crippen MR) is 102 cm³/mol. The Morgan fingerprint density at radius 2 is 1.18 bits per heavy atom. The van der Waals surface area contributed by atoms with Crippen molar-refractivity contribution in [1.82, 2.24) is 4.90 Å². The number of rotatable bonds is 1. The van der Waals surface area contributed by atoms with E-state index in [4.69, 9.17) is 5.11 Å². The number of nitrogens with zero attached hydrogens (tertiary/aromatic N) is 1. The maximum Gasteiger partial charge on any atom is 0.221 e. The topological polar surface area (TPSA) is 40.5 Å². The van der Waals surface area contributed by atoms with Crippen LogP contribution in [0.3, 0.4) is 0 Å². The molecule has 0 radical (unpaired) electrons. The van der Waals surface area contributed by atoms with Crippen LogP contribution in [0.15, 0.2) is 30.3 Å². The van der Waals surface area contributed by atoms with Crippen LogP contribution in [0.2, 0.25) is 0 Å². The van der Waals surface area contributed by atoms with E-state index < -0.39 is 0 Å². The van der Waals surface area contributed by atoms with Crippen LogP contribution in [0.5, 0.6) is 5.75 Å². The first-order valence-corrected chi connectivity index (χ1v) is 8.52. The molecule has 1 N–H and O–H groups in total. The minimum Gasteiger partial charge on any atom is -0.508 e. The second kappa shape index (κ2) is 36.6. The van der Waals surface area contributed by atoms with E-state index in [1.807, 2.05) is 68.4 Å². The Kier molecular flexibility index (Phi) is 54.0. The van der Waals surface area contributed by atoms with Gasteiger partial charge < -0.3 is 10.0 Å². The summed E-state index contributed by atoms with van der Waals surface area (Å²) in [6, 6.07) is 8.71. The third-order valence-electron chi connectivity index (χ3n) is 1.56. The number of phenols is 1. The van der Waals surface area contributed by atoms with Crippen LogP contribution in [0.25, 0.3) is 0 Å². The van der Waals surface area contributed by atoms with Gasteiger partial charge in [0.05, 0.1) is 0 Å². The Hall–Kier alpha value is -1.51. The first-order valence-electron chi connectivity index (χ1n) is 8.52. The van der Waals surface area contributed by atoms with Gasteiger partial charge in [0.15, 0.2) is 0 Å². The van der Waals surface area contributed by atoms with Gasteiger partial charge in [-0.05, 0) is 12.1 Å². The van der Waals surface area contributed by atoms with Gasteiger partial charge in [0.1, 0.15) is 5.75 Å². The molecule has 3 heteroatoms. The van der Waals surface area contributed by atoms with Crippen molar-refractivity contribution in [2.75, 3.05) is 14.1 Å². The largest absolute Gasteiger partial charge is 0.508 e. The monoisotopic (exact) mass is 315 g/mol. The summed E-state index contributed by atoms with van der Waals surface area (Å²) in [6.07, 6.45) is 0.604. The molecule has 0 atom stereocenters. The molecular weight excluding hydrogens is 274 g/mol. The Bertz CT molecular complexity index is 259. The van der Waals surface area contributed by atoms with Gasteiger partial charge >= 0.3 is 0 Å². The molecular formula is C19H41NO2. The number of aromatic hydroxyl groups is 1. The zero-order valence-electron chi connectivity index (χ0n) is 16.9. The van der Waals surface area contributed by atoms with Crippen LogP contribution in [-0.4, -0.2) is 30.0 Å². The van der Waals surface area contributed by atoms with E-state index in [-0.39, 0.29) is 5.91 Å². The van der Waals surface area contributed by atoms with Crippen molar-refractivity contribution in [2.45, 2.75) is 68.7 Å². The standard InChI is InChI=1S/C6H6O.C5H11NO.4C2H6/c7-6-4-2-1-3-5-6;1-4-5(7)6(2)3;4*1-2/h1-5,7H;4H2,1-3H3;4*1-2H3. The molecule has 0 heterocycles. The maximum absolute atomic E-state index is 10.4. The summed E-state index contributed by atoms with van der Waals surface area (Å²) < 4.78 is 0. The Balaban J connectivity index is -0.0000000604. The highest BCUT2D eigenvalue weighted by molar-refractivity contribution is 5.75. The molecule has 0 aromatic heterocycles. The van der Waals surface area contributed by atoms with E-state index in [0.29, 0.717) is 12.2 Å². The molecule has 22 heavy (non-hydrogen) atoms. The molecule has 3 nitrogen and oxygen atoms in total. The molecule has 0 saturated heterocycles. The van der Waals surface area contributed by atoms with Gasteiger partial charge in [-0.3, -0.25) is 4.79 Å². The fourth-order valence-electron chi connectivity index (χ4n) is 0.744. The number of amides is 1. The summed E-state index contributed by atoms with van der Waals surface area (Å²) in [4.78, 5) is 12.0. The third-order valence-corrected chi connectivity index (χ3v) is 1.56. The van der Waals surface area contributed by atoms with Gasteiger partial charge in [0.2, 0.25) is 5.91 Å². The average Bonchev–Trinajstić information content (AvgIpc) is 2.62. The molecule has 1 aromatic carbocycles. The first-order chi connectivity index (χ1) is 10.6. The van der Waals surface area contributed by atoms with Crippen molar-refractivity contribution in [2.24, 2.45) is 0 Å². The Morgan fingerprint density at radius 1 is 0.864 bits per heavy atom. The molecule has 0 spiro atoms. The molecule has 0 aliphatic carbocycles. The van der Waals surface area contributed by atoms with Crippen molar-refractivity contribution in [3.05, 3.63) is 30.3 Å². The lowest BCUT2D eigenvalue weighted by Crippen LogP contribution is -2.19. The number of para-hydroxylation sites is 1. The summed E-state index contributed by atoms with van der Waals surface area (Å²) in [5.74, 6) is 0.502. The zero-order valence-corrected chi connectivity index (χ0v) is 16.9. The third kappa shape index (κ3) is 36.3. The molecule has 0 aliphatic heterocycles. The fourth-order valence-corrected chi connectivity index (χ4v) is 0.744. The number of hydrogen-bond donors (Lipinski definition) is 1. The van der Waals surface area contributed by atoms with E-state index in [1.54, 1.807) is 43.3 Å². The molecule has 0 aliphatic rings. The summed E-state index contributed by atoms with van der Waals surface area (Å²) in [6.45, 7) is 17.8. The quantitative estimate of drug-likeness (QED) is 0.692. The number of phenolic OH excluding ortho intramolecular Hbond substituents is 1. The highest BCUT2D eigenvalue weighted by atomic mass is 16.3. The fraction of sp³-hybridized carbons (Fsp3) is 0.632. The van der Waals surface area contributed by atoms with Crippen molar-refractivity contribution < 1.29 is 9.90 Å². The van der Waals surface area contributed by atoms with Gasteiger partial charge in [-0.25, -0.2) is 0 Å². The van der Waals surface area contributed by atoms with Crippen molar-refractivity contribution >= 4 is 5.91 Å². The van der Waals surface area contributed by atoms with E-state index >= 15 is 0 Å². The molecule has 0 unspecified atom stereocenters. The molecule has 134 valence electrons. The van der Waals surface area contributed by atoms with Crippen molar-refractivity contribution in [3.8, 4) is 5.75 Å². The van der Waals surface area contributed by atoms with Crippen LogP contribution in [0.1, 0.15) is 68.7 Å². The van der Waals surface area contributed by atoms with Gasteiger partial charge in [0.25, 0.3) is 0 Å². The van der Waals surface area contributed by atoms with E-state index in [1.165, 1.54) is 0 Å². The summed E-state index contributed by atoms with van der Waals surface area (Å²) in [5, 5.41) is 8.63. The molecule has 0 fully saturated rings. The minimum atomic E-state index is 0.181. The van der Waals surface area contributed by atoms with E-state index in [2.05, 4.69) is 0 Å². The maximum atomic E-state index is 10.4. The number of carbonyl (C=O) groups is 1. The molecule has 1 amide bonds. The first kappa shape index (κ1) is 32.4. The van der Waals surface area contributed by atoms with Crippen LogP contribution in [-0.2, 0) is 4.79 Å². The van der Waals surface area contributed by atoms with Gasteiger partial charge in [-0.2, -0.15) is 0 Å². The smallest absolute Gasteiger partial charge is 0.221 e. The second-order valence-corrected chi connectivity index (χ2v) is 2.98. The van der Waals surface area contributed by atoms with Crippen LogP contribution in [0.4, 0.5) is 0 Å². The SMILES string of the molecule is CC.CC.CC.CC.CCC(=O)N(C)C.Oc1ccccc1. The number of carbonyl (C=O) groups excluding carboxylic acids is 1. The van der Waals surface area contributed by atoms with Gasteiger partial charge in [0, 0.05) is 20.5 Å². The lowest BCUT2D eigenvalue weighted by atomic mass is 10.3. The van der Waals surface area contributed by atoms with E-state index in [9.17, 15) is 4.79 Å². The van der Waals surface area contributed by atoms with Crippen LogP contribution < -0.4 is 0 Å². The molecule has 1 aromatic rings. The highest BCUT2D eigenvalue weighted by Crippen LogP contribution is 2.02. The summed E-state index contributed by atoms with van der Waals surface area (Å²) >= 11 is 0. The average molecular weight is 316 g/mol. The Morgan fingerprint density at radius 3 is 1.27 bits per heavy atom. The number of hydrogen-bond acceptors (Lipinski definition) is 2. The van der Waals surface area contributed by atoms with E-state index in [0.717, 1.165) is 0 Å². The highest BCUT2D eigenvalue weighted by Gasteiger charge is 1.95. The van der Waals surface area contributed by atoms with Crippen molar-refractivity contribution in [1.29, 1.82) is 0 Å². The van der Waals surface area contributed by atoms with Crippen LogP contribution in [0, 0.1) is 0 Å². The summed E-state index contributed by atoms with van der Waals surface area (Å²) in [5.41, 5.74) is 0. The number of benzene rings is 1. The molecule has 1 rings (SSSR count). The lowest BCUT2D eigenvalue weighted by molar-refractivity contribution is -0.128. The van der Waals surface area contributed by atoms with Gasteiger partial charge in [-0.1, -0.05) is 80.5 Å². The second-order valence-electron chi connectivity index (χ2n) is 2.98. The molecule has 0 saturated carbocycles. The predicted octanol–water partition coefficient (Wildman–Crippen LogP) is 5.98. The normalized spacial score (nSPS) is 6.50. The van der Waals surface area contributed by atoms with Crippen molar-refractivity contribution in [3.63, 3.8) is 0 Å².